The second-order valence-electron chi connectivity index (χ2n) is 8.18. The molecular formula is C21H29N3O3. The summed E-state index contributed by atoms with van der Waals surface area (Å²) in [6, 6.07) is 8.05. The van der Waals surface area contributed by atoms with E-state index in [1.807, 2.05) is 39.0 Å². The summed E-state index contributed by atoms with van der Waals surface area (Å²) in [6.45, 7) is 9.61. The fourth-order valence-electron chi connectivity index (χ4n) is 3.42. The average Bonchev–Trinajstić information content (AvgIpc) is 3.21. The minimum absolute atomic E-state index is 0.0478. The lowest BCUT2D eigenvalue weighted by Gasteiger charge is -2.24. The smallest absolute Gasteiger partial charge is 0.410 e. The van der Waals surface area contributed by atoms with Crippen molar-refractivity contribution in [2.75, 3.05) is 18.4 Å². The molecule has 0 spiro atoms. The summed E-state index contributed by atoms with van der Waals surface area (Å²) >= 11 is 0. The Bertz CT molecular complexity index is 835. The highest BCUT2D eigenvalue weighted by atomic mass is 16.6. The molecule has 2 aromatic rings. The second-order valence-corrected chi connectivity index (χ2v) is 8.18. The molecule has 27 heavy (non-hydrogen) atoms. The maximum Gasteiger partial charge on any atom is 0.410 e. The largest absolute Gasteiger partial charge is 0.444 e. The summed E-state index contributed by atoms with van der Waals surface area (Å²) in [5.41, 5.74) is 1.44. The number of carbonyl (C=O) groups is 2. The predicted octanol–water partition coefficient (Wildman–Crippen LogP) is 4.25. The summed E-state index contributed by atoms with van der Waals surface area (Å²) in [4.78, 5) is 26.4. The van der Waals surface area contributed by atoms with Crippen LogP contribution in [0.1, 0.15) is 40.5 Å². The molecule has 0 radical (unpaired) electrons. The van der Waals surface area contributed by atoms with Crippen LogP contribution in [0, 0.1) is 5.92 Å². The first-order chi connectivity index (χ1) is 12.8. The van der Waals surface area contributed by atoms with E-state index >= 15 is 0 Å². The molecule has 1 aliphatic rings. The molecule has 1 aromatic heterocycles. The Labute approximate surface area is 160 Å². The number of benzene rings is 1. The Morgan fingerprint density at radius 3 is 2.74 bits per heavy atom. The molecular weight excluding hydrogens is 342 g/mol. The van der Waals surface area contributed by atoms with Gasteiger partial charge in [-0.1, -0.05) is 6.92 Å². The Kier molecular flexibility index (Phi) is 5.44. The number of anilines is 1. The first-order valence-electron chi connectivity index (χ1n) is 9.64. The molecule has 1 fully saturated rings. The third kappa shape index (κ3) is 4.62. The Morgan fingerprint density at radius 1 is 1.26 bits per heavy atom. The summed E-state index contributed by atoms with van der Waals surface area (Å²) < 4.78 is 7.61. The monoisotopic (exact) mass is 371 g/mol. The van der Waals surface area contributed by atoms with Crippen LogP contribution in [0.4, 0.5) is 10.5 Å². The number of carbonyl (C=O) groups excluding carboxylic acids is 2. The van der Waals surface area contributed by atoms with Crippen molar-refractivity contribution in [2.24, 2.45) is 5.92 Å². The standard InChI is InChI=1S/C21H29N3O3/c1-5-10-23-11-8-15-13-17(6-7-18(15)23)22-19(25)16-9-12-24(14-16)20(26)27-21(2,3)4/h6-8,11,13,16H,5,9-10,12,14H2,1-4H3,(H,22,25). The number of amides is 2. The number of nitrogens with zero attached hydrogens (tertiary/aromatic N) is 2. The molecule has 1 atom stereocenters. The summed E-state index contributed by atoms with van der Waals surface area (Å²) in [7, 11) is 0. The highest BCUT2D eigenvalue weighted by Crippen LogP contribution is 2.24. The highest BCUT2D eigenvalue weighted by molar-refractivity contribution is 5.95. The van der Waals surface area contributed by atoms with Gasteiger partial charge in [-0.05, 0) is 57.9 Å². The van der Waals surface area contributed by atoms with Crippen molar-refractivity contribution in [1.82, 2.24) is 9.47 Å². The van der Waals surface area contributed by atoms with Gasteiger partial charge in [-0.25, -0.2) is 4.79 Å². The third-order valence-electron chi connectivity index (χ3n) is 4.71. The van der Waals surface area contributed by atoms with Crippen molar-refractivity contribution < 1.29 is 14.3 Å². The maximum atomic E-state index is 12.6. The number of ether oxygens (including phenoxy) is 1. The van der Waals surface area contributed by atoms with Crippen molar-refractivity contribution in [3.05, 3.63) is 30.5 Å². The fourth-order valence-corrected chi connectivity index (χ4v) is 3.42. The molecule has 1 aromatic carbocycles. The number of aryl methyl sites for hydroxylation is 1. The van der Waals surface area contributed by atoms with Crippen LogP contribution in [-0.2, 0) is 16.1 Å². The lowest BCUT2D eigenvalue weighted by molar-refractivity contribution is -0.119. The molecule has 2 amide bonds. The zero-order valence-electron chi connectivity index (χ0n) is 16.6. The minimum atomic E-state index is -0.527. The maximum absolute atomic E-state index is 12.6. The van der Waals surface area contributed by atoms with Crippen LogP contribution in [-0.4, -0.2) is 40.2 Å². The number of likely N-dealkylation sites (tertiary alicyclic amines) is 1. The van der Waals surface area contributed by atoms with E-state index < -0.39 is 5.60 Å². The van der Waals surface area contributed by atoms with E-state index in [1.54, 1.807) is 4.90 Å². The van der Waals surface area contributed by atoms with Crippen molar-refractivity contribution in [1.29, 1.82) is 0 Å². The van der Waals surface area contributed by atoms with Gasteiger partial charge in [0.25, 0.3) is 0 Å². The fraction of sp³-hybridized carbons (Fsp3) is 0.524. The lowest BCUT2D eigenvalue weighted by atomic mass is 10.1. The number of hydrogen-bond acceptors (Lipinski definition) is 3. The van der Waals surface area contributed by atoms with Crippen molar-refractivity contribution >= 4 is 28.6 Å². The van der Waals surface area contributed by atoms with Gasteiger partial charge in [-0.3, -0.25) is 4.79 Å². The number of rotatable bonds is 4. The summed E-state index contributed by atoms with van der Waals surface area (Å²) in [5.74, 6) is -0.258. The Morgan fingerprint density at radius 2 is 2.04 bits per heavy atom. The molecule has 6 nitrogen and oxygen atoms in total. The van der Waals surface area contributed by atoms with Crippen LogP contribution in [0.25, 0.3) is 10.9 Å². The van der Waals surface area contributed by atoms with Crippen LogP contribution in [0.5, 0.6) is 0 Å². The van der Waals surface area contributed by atoms with E-state index in [0.29, 0.717) is 19.5 Å². The van der Waals surface area contributed by atoms with E-state index in [-0.39, 0.29) is 17.9 Å². The number of aromatic nitrogens is 1. The van der Waals surface area contributed by atoms with Gasteiger partial charge in [0.05, 0.1) is 5.92 Å². The third-order valence-corrected chi connectivity index (χ3v) is 4.71. The van der Waals surface area contributed by atoms with E-state index in [4.69, 9.17) is 4.74 Å². The molecule has 1 unspecified atom stereocenters. The van der Waals surface area contributed by atoms with Crippen molar-refractivity contribution in [3.8, 4) is 0 Å². The Balaban J connectivity index is 1.61. The van der Waals surface area contributed by atoms with E-state index in [9.17, 15) is 9.59 Å². The molecule has 1 saturated heterocycles. The zero-order chi connectivity index (χ0) is 19.6. The number of fused-ring (bicyclic) bond motifs is 1. The summed E-state index contributed by atoms with van der Waals surface area (Å²) in [5, 5.41) is 4.11. The van der Waals surface area contributed by atoms with Gasteiger partial charge in [0, 0.05) is 42.4 Å². The first-order valence-corrected chi connectivity index (χ1v) is 9.64. The number of nitrogens with one attached hydrogen (secondary N) is 1. The second kappa shape index (κ2) is 7.62. The molecule has 0 aliphatic carbocycles. The normalized spacial score (nSPS) is 17.3. The van der Waals surface area contributed by atoms with Crippen molar-refractivity contribution in [2.45, 2.75) is 52.7 Å². The molecule has 3 rings (SSSR count). The molecule has 0 saturated carbocycles. The topological polar surface area (TPSA) is 63.6 Å². The molecule has 146 valence electrons. The quantitative estimate of drug-likeness (QED) is 0.874. The molecule has 2 heterocycles. The average molecular weight is 371 g/mol. The molecule has 0 bridgehead atoms. The molecule has 1 N–H and O–H groups in total. The van der Waals surface area contributed by atoms with Crippen LogP contribution < -0.4 is 5.32 Å². The van der Waals surface area contributed by atoms with Crippen LogP contribution in [0.3, 0.4) is 0 Å². The van der Waals surface area contributed by atoms with Gasteiger partial charge >= 0.3 is 6.09 Å². The SMILES string of the molecule is CCCn1ccc2cc(NC(=O)C3CCN(C(=O)OC(C)(C)C)C3)ccc21. The van der Waals surface area contributed by atoms with E-state index in [0.717, 1.165) is 24.0 Å². The van der Waals surface area contributed by atoms with E-state index in [1.165, 1.54) is 5.52 Å². The van der Waals surface area contributed by atoms with Gasteiger partial charge in [0.2, 0.25) is 5.91 Å². The van der Waals surface area contributed by atoms with Gasteiger partial charge in [-0.2, -0.15) is 0 Å². The zero-order valence-corrected chi connectivity index (χ0v) is 16.6. The van der Waals surface area contributed by atoms with Gasteiger partial charge < -0.3 is 19.5 Å². The lowest BCUT2D eigenvalue weighted by Crippen LogP contribution is -2.36. The van der Waals surface area contributed by atoms with Gasteiger partial charge in [0.15, 0.2) is 0 Å². The summed E-state index contributed by atoms with van der Waals surface area (Å²) in [6.07, 6.45) is 3.46. The molecule has 1 aliphatic heterocycles. The van der Waals surface area contributed by atoms with Crippen LogP contribution in [0.2, 0.25) is 0 Å². The molecule has 6 heteroatoms. The minimum Gasteiger partial charge on any atom is -0.444 e. The van der Waals surface area contributed by atoms with Crippen LogP contribution in [0.15, 0.2) is 30.5 Å². The predicted molar refractivity (Wildman–Crippen MR) is 107 cm³/mol. The first kappa shape index (κ1) is 19.3. The van der Waals surface area contributed by atoms with Gasteiger partial charge in [0.1, 0.15) is 5.60 Å². The Hall–Kier alpha value is -2.50. The number of hydrogen-bond donors (Lipinski definition) is 1. The van der Waals surface area contributed by atoms with Gasteiger partial charge in [-0.15, -0.1) is 0 Å². The van der Waals surface area contributed by atoms with Crippen LogP contribution >= 0.6 is 0 Å². The van der Waals surface area contributed by atoms with Crippen molar-refractivity contribution in [3.63, 3.8) is 0 Å². The highest BCUT2D eigenvalue weighted by Gasteiger charge is 2.33. The van der Waals surface area contributed by atoms with E-state index in [2.05, 4.69) is 29.1 Å².